The van der Waals surface area contributed by atoms with Crippen molar-refractivity contribution in [2.75, 3.05) is 5.75 Å². The first-order chi connectivity index (χ1) is 10.2. The van der Waals surface area contributed by atoms with Gasteiger partial charge in [-0.1, -0.05) is 41.6 Å². The van der Waals surface area contributed by atoms with Crippen LogP contribution in [0.15, 0.2) is 47.6 Å². The van der Waals surface area contributed by atoms with Gasteiger partial charge in [-0.15, -0.1) is 16.4 Å². The van der Waals surface area contributed by atoms with Gasteiger partial charge in [0.25, 0.3) is 0 Å². The van der Waals surface area contributed by atoms with Gasteiger partial charge in [-0.2, -0.15) is 4.68 Å². The molecule has 0 fully saturated rings. The van der Waals surface area contributed by atoms with Crippen molar-refractivity contribution in [1.82, 2.24) is 20.2 Å². The highest BCUT2D eigenvalue weighted by Crippen LogP contribution is 2.24. The molecule has 0 aliphatic rings. The molecule has 21 heavy (non-hydrogen) atoms. The van der Waals surface area contributed by atoms with Crippen molar-refractivity contribution in [2.45, 2.75) is 5.16 Å². The van der Waals surface area contributed by atoms with E-state index >= 15 is 0 Å². The van der Waals surface area contributed by atoms with Gasteiger partial charge in [0.05, 0.1) is 20.7 Å². The summed E-state index contributed by atoms with van der Waals surface area (Å²) in [5, 5.41) is 12.1. The van der Waals surface area contributed by atoms with Gasteiger partial charge < -0.3 is 0 Å². The number of thioether (sulfide) groups is 1. The topological polar surface area (TPSA) is 60.7 Å². The number of hydrogen-bond donors (Lipinski definition) is 0. The molecule has 0 aliphatic carbocycles. The second kappa shape index (κ2) is 6.38. The summed E-state index contributed by atoms with van der Waals surface area (Å²) in [7, 11) is 0. The molecule has 3 rings (SSSR count). The molecule has 0 amide bonds. The van der Waals surface area contributed by atoms with E-state index in [1.54, 1.807) is 16.8 Å². The highest BCUT2D eigenvalue weighted by Gasteiger charge is 2.13. The molecule has 0 saturated heterocycles. The largest absolute Gasteiger partial charge is 0.292 e. The number of nitrogens with zero attached hydrogens (tertiary/aromatic N) is 4. The fourth-order valence-corrected chi connectivity index (χ4v) is 3.51. The number of tetrazole rings is 1. The van der Waals surface area contributed by atoms with Crippen molar-refractivity contribution >= 4 is 40.5 Å². The molecule has 0 atom stereocenters. The van der Waals surface area contributed by atoms with Crippen LogP contribution in [-0.2, 0) is 0 Å². The van der Waals surface area contributed by atoms with Crippen LogP contribution in [-0.4, -0.2) is 31.7 Å². The van der Waals surface area contributed by atoms with E-state index < -0.39 is 0 Å². The summed E-state index contributed by atoms with van der Waals surface area (Å²) < 4.78 is 2.22. The lowest BCUT2D eigenvalue weighted by Crippen LogP contribution is -2.03. The van der Waals surface area contributed by atoms with Gasteiger partial charge in [0.15, 0.2) is 5.78 Å². The van der Waals surface area contributed by atoms with Crippen molar-refractivity contribution in [3.8, 4) is 5.69 Å². The molecule has 0 aliphatic heterocycles. The first kappa shape index (κ1) is 14.2. The number of carbonyl (C=O) groups is 1. The Bertz CT molecular complexity index is 756. The van der Waals surface area contributed by atoms with Crippen LogP contribution < -0.4 is 0 Å². The molecule has 3 aromatic rings. The van der Waals surface area contributed by atoms with Gasteiger partial charge in [0, 0.05) is 0 Å². The zero-order chi connectivity index (χ0) is 14.7. The maximum atomic E-state index is 12.1. The number of Topliss-reactive ketones (excluding diaryl/α,β-unsaturated/α-hetero) is 1. The maximum absolute atomic E-state index is 12.1. The van der Waals surface area contributed by atoms with Crippen molar-refractivity contribution in [2.24, 2.45) is 0 Å². The van der Waals surface area contributed by atoms with Gasteiger partial charge in [-0.05, 0) is 34.7 Å². The lowest BCUT2D eigenvalue weighted by atomic mass is 10.3. The minimum Gasteiger partial charge on any atom is -0.292 e. The second-order valence-corrected chi connectivity index (χ2v) is 6.68. The molecule has 0 radical (unpaired) electrons. The Morgan fingerprint density at radius 3 is 2.76 bits per heavy atom. The van der Waals surface area contributed by atoms with Crippen LogP contribution in [0.1, 0.15) is 9.67 Å². The van der Waals surface area contributed by atoms with E-state index in [1.165, 1.54) is 23.1 Å². The highest BCUT2D eigenvalue weighted by atomic mass is 35.5. The third-order valence-corrected chi connectivity index (χ3v) is 4.81. The molecule has 0 unspecified atom stereocenters. The van der Waals surface area contributed by atoms with Gasteiger partial charge in [0.2, 0.25) is 5.16 Å². The summed E-state index contributed by atoms with van der Waals surface area (Å²) >= 11 is 8.41. The Hall–Kier alpha value is -1.70. The average Bonchev–Trinajstić information content (AvgIpc) is 3.14. The number of ketones is 1. The molecule has 1 aromatic carbocycles. The number of benzene rings is 1. The van der Waals surface area contributed by atoms with Crippen LogP contribution in [0, 0.1) is 0 Å². The predicted molar refractivity (Wildman–Crippen MR) is 83.5 cm³/mol. The quantitative estimate of drug-likeness (QED) is 0.528. The molecule has 5 nitrogen and oxygen atoms in total. The molecule has 0 bridgehead atoms. The van der Waals surface area contributed by atoms with Gasteiger partial charge >= 0.3 is 0 Å². The molecule has 8 heteroatoms. The van der Waals surface area contributed by atoms with Crippen LogP contribution >= 0.6 is 34.7 Å². The minimum absolute atomic E-state index is 0.0134. The maximum Gasteiger partial charge on any atom is 0.214 e. The highest BCUT2D eigenvalue weighted by molar-refractivity contribution is 7.99. The second-order valence-electron chi connectivity index (χ2n) is 4.02. The molecule has 0 saturated carbocycles. The van der Waals surface area contributed by atoms with E-state index in [0.29, 0.717) is 14.4 Å². The number of thiophene rings is 1. The summed E-state index contributed by atoms with van der Waals surface area (Å²) in [6, 6.07) is 13.0. The van der Waals surface area contributed by atoms with Crippen molar-refractivity contribution in [1.29, 1.82) is 0 Å². The third kappa shape index (κ3) is 3.31. The third-order valence-electron chi connectivity index (χ3n) is 2.62. The summed E-state index contributed by atoms with van der Waals surface area (Å²) in [6.45, 7) is 0. The number of aromatic nitrogens is 4. The minimum atomic E-state index is 0.0134. The standard InChI is InChI=1S/C13H9ClN4OS2/c14-12-7-6-11(21-12)10(19)8-20-13-15-16-17-18(13)9-4-2-1-3-5-9/h1-7H,8H2. The molecule has 2 aromatic heterocycles. The van der Waals surface area contributed by atoms with Gasteiger partial charge in [0.1, 0.15) is 0 Å². The number of rotatable bonds is 5. The van der Waals surface area contributed by atoms with Crippen LogP contribution in [0.25, 0.3) is 5.69 Å². The summed E-state index contributed by atoms with van der Waals surface area (Å²) in [6.07, 6.45) is 0. The van der Waals surface area contributed by atoms with Crippen LogP contribution in [0.5, 0.6) is 0 Å². The Labute approximate surface area is 133 Å². The van der Waals surface area contributed by atoms with Crippen LogP contribution in [0.3, 0.4) is 0 Å². The fourth-order valence-electron chi connectivity index (χ4n) is 1.67. The number of carbonyl (C=O) groups excluding carboxylic acids is 1. The monoisotopic (exact) mass is 336 g/mol. The number of halogens is 1. The Morgan fingerprint density at radius 1 is 1.24 bits per heavy atom. The molecule has 106 valence electrons. The summed E-state index contributed by atoms with van der Waals surface area (Å²) in [4.78, 5) is 12.7. The summed E-state index contributed by atoms with van der Waals surface area (Å²) in [5.74, 6) is 0.281. The lowest BCUT2D eigenvalue weighted by Gasteiger charge is -2.02. The Balaban J connectivity index is 1.72. The zero-order valence-corrected chi connectivity index (χ0v) is 13.0. The van der Waals surface area contributed by atoms with Gasteiger partial charge in [-0.3, -0.25) is 4.79 Å². The molecule has 2 heterocycles. The molecule has 0 spiro atoms. The van der Waals surface area contributed by atoms with E-state index in [-0.39, 0.29) is 11.5 Å². The first-order valence-electron chi connectivity index (χ1n) is 5.99. The normalized spacial score (nSPS) is 10.7. The number of hydrogen-bond acceptors (Lipinski definition) is 6. The molecular weight excluding hydrogens is 328 g/mol. The smallest absolute Gasteiger partial charge is 0.214 e. The predicted octanol–water partition coefficient (Wildman–Crippen LogP) is 3.35. The Morgan fingerprint density at radius 2 is 2.05 bits per heavy atom. The van der Waals surface area contributed by atoms with E-state index in [0.717, 1.165) is 5.69 Å². The van der Waals surface area contributed by atoms with Crippen LogP contribution in [0.4, 0.5) is 0 Å². The molecular formula is C13H9ClN4OS2. The number of para-hydroxylation sites is 1. The van der Waals surface area contributed by atoms with Crippen LogP contribution in [0.2, 0.25) is 4.34 Å². The fraction of sp³-hybridized carbons (Fsp3) is 0.0769. The first-order valence-corrected chi connectivity index (χ1v) is 8.17. The van der Waals surface area contributed by atoms with Crippen molar-refractivity contribution in [3.63, 3.8) is 0 Å². The van der Waals surface area contributed by atoms with Crippen molar-refractivity contribution in [3.05, 3.63) is 51.7 Å². The molecule has 0 N–H and O–H groups in total. The van der Waals surface area contributed by atoms with E-state index in [1.807, 2.05) is 30.3 Å². The zero-order valence-electron chi connectivity index (χ0n) is 10.6. The summed E-state index contributed by atoms with van der Waals surface area (Å²) in [5.41, 5.74) is 0.858. The Kier molecular flexibility index (Phi) is 4.33. The van der Waals surface area contributed by atoms with E-state index in [2.05, 4.69) is 15.5 Å². The van der Waals surface area contributed by atoms with Crippen molar-refractivity contribution < 1.29 is 4.79 Å². The van der Waals surface area contributed by atoms with E-state index in [4.69, 9.17) is 11.6 Å². The average molecular weight is 337 g/mol. The van der Waals surface area contributed by atoms with Gasteiger partial charge in [-0.25, -0.2) is 0 Å². The SMILES string of the molecule is O=C(CSc1nnnn1-c1ccccc1)c1ccc(Cl)s1. The lowest BCUT2D eigenvalue weighted by molar-refractivity contribution is 0.102. The van der Waals surface area contributed by atoms with E-state index in [9.17, 15) is 4.79 Å².